The molecule has 1 N–H and O–H groups in total. The number of rotatable bonds is 3. The smallest absolute Gasteiger partial charge is 0.324 e. The molecule has 0 aromatic heterocycles. The highest BCUT2D eigenvalue weighted by molar-refractivity contribution is 7.88. The van der Waals surface area contributed by atoms with Gasteiger partial charge in [0.2, 0.25) is 21.8 Å². The molecule has 0 bridgehead atoms. The van der Waals surface area contributed by atoms with Gasteiger partial charge in [0.05, 0.1) is 18.8 Å². The number of sulfonamides is 1. The van der Waals surface area contributed by atoms with E-state index in [0.717, 1.165) is 0 Å². The number of urea groups is 1. The van der Waals surface area contributed by atoms with Gasteiger partial charge in [0.15, 0.2) is 0 Å². The first-order valence-corrected chi connectivity index (χ1v) is 9.46. The number of nitrogens with zero attached hydrogens (tertiary/aromatic N) is 3. The number of hydrogen-bond donors (Lipinski definition) is 1. The molecule has 3 rings (SSSR count). The van der Waals surface area contributed by atoms with Gasteiger partial charge in [-0.3, -0.25) is 14.5 Å². The van der Waals surface area contributed by atoms with Crippen molar-refractivity contribution >= 4 is 27.9 Å². The molecule has 0 saturated carbocycles. The van der Waals surface area contributed by atoms with Crippen LogP contribution in [0.4, 0.5) is 4.79 Å². The van der Waals surface area contributed by atoms with Gasteiger partial charge in [0.1, 0.15) is 0 Å². The fraction of sp³-hybridized carbons (Fsp3) is 0.769. The SMILES string of the molecule is CS(=O)(=O)N1CCC(C(=O)N2CC(N3C(=O)CNC3=O)C2)CC1. The van der Waals surface area contributed by atoms with Crippen LogP contribution in [0.2, 0.25) is 0 Å². The molecule has 3 aliphatic rings. The van der Waals surface area contributed by atoms with Crippen molar-refractivity contribution in [3.8, 4) is 0 Å². The van der Waals surface area contributed by atoms with E-state index in [0.29, 0.717) is 39.0 Å². The van der Waals surface area contributed by atoms with Crippen molar-refractivity contribution in [3.63, 3.8) is 0 Å². The van der Waals surface area contributed by atoms with E-state index in [4.69, 9.17) is 0 Å². The van der Waals surface area contributed by atoms with Gasteiger partial charge in [-0.2, -0.15) is 0 Å². The van der Waals surface area contributed by atoms with Crippen LogP contribution in [0.15, 0.2) is 0 Å². The summed E-state index contributed by atoms with van der Waals surface area (Å²) < 4.78 is 24.3. The molecule has 0 spiro atoms. The molecule has 23 heavy (non-hydrogen) atoms. The van der Waals surface area contributed by atoms with Crippen molar-refractivity contribution in [3.05, 3.63) is 0 Å². The molecule has 3 aliphatic heterocycles. The summed E-state index contributed by atoms with van der Waals surface area (Å²) >= 11 is 0. The molecule has 10 heteroatoms. The number of hydrogen-bond acceptors (Lipinski definition) is 5. The lowest BCUT2D eigenvalue weighted by molar-refractivity contribution is -0.146. The molecule has 3 fully saturated rings. The van der Waals surface area contributed by atoms with E-state index in [2.05, 4.69) is 5.32 Å². The third-order valence-electron chi connectivity index (χ3n) is 4.69. The van der Waals surface area contributed by atoms with E-state index < -0.39 is 16.1 Å². The van der Waals surface area contributed by atoms with Gasteiger partial charge in [-0.1, -0.05) is 0 Å². The van der Waals surface area contributed by atoms with Crippen molar-refractivity contribution in [2.24, 2.45) is 5.92 Å². The maximum absolute atomic E-state index is 12.4. The van der Waals surface area contributed by atoms with E-state index >= 15 is 0 Å². The predicted molar refractivity (Wildman–Crippen MR) is 79.8 cm³/mol. The van der Waals surface area contributed by atoms with Gasteiger partial charge >= 0.3 is 6.03 Å². The second-order valence-electron chi connectivity index (χ2n) is 6.26. The maximum Gasteiger partial charge on any atom is 0.324 e. The lowest BCUT2D eigenvalue weighted by Gasteiger charge is -2.44. The van der Waals surface area contributed by atoms with Crippen molar-refractivity contribution in [2.45, 2.75) is 18.9 Å². The number of amides is 4. The number of carbonyl (C=O) groups is 3. The van der Waals surface area contributed by atoms with Gasteiger partial charge in [0, 0.05) is 32.1 Å². The first kappa shape index (κ1) is 16.2. The Morgan fingerprint density at radius 2 is 1.78 bits per heavy atom. The average molecular weight is 344 g/mol. The van der Waals surface area contributed by atoms with Crippen LogP contribution in [0, 0.1) is 5.92 Å². The molecule has 3 saturated heterocycles. The summed E-state index contributed by atoms with van der Waals surface area (Å²) in [6, 6.07) is -0.640. The second-order valence-corrected chi connectivity index (χ2v) is 8.24. The van der Waals surface area contributed by atoms with E-state index in [-0.39, 0.29) is 30.3 Å². The molecule has 0 atom stereocenters. The highest BCUT2D eigenvalue weighted by atomic mass is 32.2. The molecule has 0 aliphatic carbocycles. The third kappa shape index (κ3) is 3.05. The van der Waals surface area contributed by atoms with Crippen LogP contribution in [0.5, 0.6) is 0 Å². The topological polar surface area (TPSA) is 107 Å². The zero-order chi connectivity index (χ0) is 16.8. The van der Waals surface area contributed by atoms with Crippen LogP contribution < -0.4 is 5.32 Å². The molecule has 0 radical (unpaired) electrons. The minimum Gasteiger partial charge on any atom is -0.338 e. The Morgan fingerprint density at radius 1 is 1.17 bits per heavy atom. The summed E-state index contributed by atoms with van der Waals surface area (Å²) in [5, 5.41) is 2.47. The Labute approximate surface area is 134 Å². The normalized spacial score (nSPS) is 24.7. The van der Waals surface area contributed by atoms with Gasteiger partial charge in [0.25, 0.3) is 0 Å². The minimum atomic E-state index is -3.20. The molecule has 0 aromatic carbocycles. The Morgan fingerprint density at radius 3 is 2.26 bits per heavy atom. The number of piperidine rings is 1. The van der Waals surface area contributed by atoms with Crippen LogP contribution >= 0.6 is 0 Å². The summed E-state index contributed by atoms with van der Waals surface area (Å²) in [7, 11) is -3.20. The van der Waals surface area contributed by atoms with Crippen molar-refractivity contribution < 1.29 is 22.8 Å². The van der Waals surface area contributed by atoms with Crippen LogP contribution in [0.1, 0.15) is 12.8 Å². The van der Waals surface area contributed by atoms with Gasteiger partial charge < -0.3 is 10.2 Å². The minimum absolute atomic E-state index is 0.0125. The van der Waals surface area contributed by atoms with Crippen molar-refractivity contribution in [2.75, 3.05) is 39.0 Å². The molecule has 4 amide bonds. The monoisotopic (exact) mass is 344 g/mol. The first-order valence-electron chi connectivity index (χ1n) is 7.61. The summed E-state index contributed by atoms with van der Waals surface area (Å²) in [6.07, 6.45) is 2.19. The quantitative estimate of drug-likeness (QED) is 0.622. The van der Waals surface area contributed by atoms with Crippen LogP contribution in [-0.2, 0) is 19.6 Å². The second kappa shape index (κ2) is 5.75. The summed E-state index contributed by atoms with van der Waals surface area (Å²) in [4.78, 5) is 38.4. The summed E-state index contributed by atoms with van der Waals surface area (Å²) in [6.45, 7) is 1.47. The van der Waals surface area contributed by atoms with Crippen molar-refractivity contribution in [1.29, 1.82) is 0 Å². The predicted octanol–water partition coefficient (Wildman–Crippen LogP) is -1.58. The summed E-state index contributed by atoms with van der Waals surface area (Å²) in [5.41, 5.74) is 0. The van der Waals surface area contributed by atoms with E-state index in [1.807, 2.05) is 0 Å². The maximum atomic E-state index is 12.4. The number of likely N-dealkylation sites (tertiary alicyclic amines) is 1. The summed E-state index contributed by atoms with van der Waals surface area (Å²) in [5.74, 6) is -0.452. The van der Waals surface area contributed by atoms with Crippen molar-refractivity contribution in [1.82, 2.24) is 19.4 Å². The standard InChI is InChI=1S/C13H20N4O5S/c1-23(21,22)16-4-2-9(3-5-16)12(19)15-7-10(8-15)17-11(18)6-14-13(17)20/h9-10H,2-8H2,1H3,(H,14,20). The molecule has 3 heterocycles. The molecular formula is C13H20N4O5S. The van der Waals surface area contributed by atoms with Gasteiger partial charge in [-0.15, -0.1) is 0 Å². The number of imide groups is 1. The Hall–Kier alpha value is -1.68. The zero-order valence-electron chi connectivity index (χ0n) is 12.9. The molecule has 0 unspecified atom stereocenters. The highest BCUT2D eigenvalue weighted by Gasteiger charge is 2.44. The Bertz CT molecular complexity index is 619. The number of nitrogens with one attached hydrogen (secondary N) is 1. The fourth-order valence-electron chi connectivity index (χ4n) is 3.30. The fourth-order valence-corrected chi connectivity index (χ4v) is 4.17. The van der Waals surface area contributed by atoms with Crippen LogP contribution in [-0.4, -0.2) is 85.4 Å². The van der Waals surface area contributed by atoms with Crippen LogP contribution in [0.25, 0.3) is 0 Å². The third-order valence-corrected chi connectivity index (χ3v) is 5.99. The van der Waals surface area contributed by atoms with Gasteiger partial charge in [-0.25, -0.2) is 17.5 Å². The lowest BCUT2D eigenvalue weighted by Crippen LogP contribution is -2.63. The van der Waals surface area contributed by atoms with E-state index in [1.165, 1.54) is 15.5 Å². The molecule has 128 valence electrons. The largest absolute Gasteiger partial charge is 0.338 e. The molecule has 9 nitrogen and oxygen atoms in total. The number of carbonyl (C=O) groups excluding carboxylic acids is 3. The Kier molecular flexibility index (Phi) is 4.05. The van der Waals surface area contributed by atoms with Crippen LogP contribution in [0.3, 0.4) is 0 Å². The van der Waals surface area contributed by atoms with E-state index in [1.54, 1.807) is 4.90 Å². The molecule has 0 aromatic rings. The average Bonchev–Trinajstić information content (AvgIpc) is 2.77. The lowest BCUT2D eigenvalue weighted by atomic mass is 9.94. The highest BCUT2D eigenvalue weighted by Crippen LogP contribution is 2.25. The van der Waals surface area contributed by atoms with E-state index in [9.17, 15) is 22.8 Å². The first-order chi connectivity index (χ1) is 10.8. The Balaban J connectivity index is 1.50. The van der Waals surface area contributed by atoms with Gasteiger partial charge in [-0.05, 0) is 12.8 Å². The molecular weight excluding hydrogens is 324 g/mol. The zero-order valence-corrected chi connectivity index (χ0v) is 13.7.